The lowest BCUT2D eigenvalue weighted by Gasteiger charge is -2.18. The van der Waals surface area contributed by atoms with Crippen LogP contribution in [0.4, 0.5) is 5.82 Å². The maximum atomic E-state index is 5.50. The largest absolute Gasteiger partial charge is 0.493 e. The average Bonchev–Trinajstić information content (AvgIpc) is 3.27. The number of hydrogen-bond acceptors (Lipinski definition) is 6. The molecule has 0 aliphatic carbocycles. The van der Waals surface area contributed by atoms with Crippen LogP contribution in [-0.2, 0) is 0 Å². The van der Waals surface area contributed by atoms with E-state index in [4.69, 9.17) is 14.5 Å². The molecular formula is C27H25N3O2S. The highest BCUT2D eigenvalue weighted by atomic mass is 32.1. The number of ether oxygens (including phenoxy) is 2. The van der Waals surface area contributed by atoms with Crippen molar-refractivity contribution < 1.29 is 9.47 Å². The molecule has 0 aliphatic heterocycles. The number of rotatable bonds is 6. The maximum absolute atomic E-state index is 5.50. The number of nitrogens with one attached hydrogen (secondary N) is 1. The average molecular weight is 456 g/mol. The van der Waals surface area contributed by atoms with Crippen molar-refractivity contribution in [2.45, 2.75) is 19.9 Å². The van der Waals surface area contributed by atoms with Gasteiger partial charge in [-0.25, -0.2) is 9.97 Å². The molecule has 1 N–H and O–H groups in total. The van der Waals surface area contributed by atoms with Gasteiger partial charge in [-0.1, -0.05) is 36.4 Å². The van der Waals surface area contributed by atoms with Gasteiger partial charge in [0.1, 0.15) is 11.6 Å². The molecule has 5 rings (SSSR count). The van der Waals surface area contributed by atoms with Crippen LogP contribution in [0.15, 0.2) is 66.0 Å². The molecule has 1 atom stereocenters. The lowest BCUT2D eigenvalue weighted by molar-refractivity contribution is 0.356. The van der Waals surface area contributed by atoms with E-state index in [9.17, 15) is 0 Å². The van der Waals surface area contributed by atoms with Gasteiger partial charge >= 0.3 is 0 Å². The Bertz CT molecular complexity index is 1460. The molecule has 0 bridgehead atoms. The van der Waals surface area contributed by atoms with Crippen molar-refractivity contribution in [1.29, 1.82) is 0 Å². The summed E-state index contributed by atoms with van der Waals surface area (Å²) >= 11 is 1.78. The van der Waals surface area contributed by atoms with Crippen LogP contribution < -0.4 is 14.8 Å². The number of thiophene rings is 1. The molecule has 0 amide bonds. The summed E-state index contributed by atoms with van der Waals surface area (Å²) in [6.07, 6.45) is 0. The highest BCUT2D eigenvalue weighted by Gasteiger charge is 2.15. The highest BCUT2D eigenvalue weighted by molar-refractivity contribution is 7.17. The summed E-state index contributed by atoms with van der Waals surface area (Å²) < 4.78 is 12.3. The molecule has 5 aromatic rings. The Hall–Kier alpha value is -3.64. The second kappa shape index (κ2) is 8.71. The molecule has 0 spiro atoms. The Balaban J connectivity index is 1.51. The lowest BCUT2D eigenvalue weighted by Crippen LogP contribution is -2.10. The van der Waals surface area contributed by atoms with Gasteiger partial charge in [0.05, 0.1) is 19.7 Å². The van der Waals surface area contributed by atoms with Crippen LogP contribution in [0.2, 0.25) is 0 Å². The molecule has 5 nitrogen and oxygen atoms in total. The Kier molecular flexibility index (Phi) is 5.60. The molecule has 2 aromatic heterocycles. The van der Waals surface area contributed by atoms with Gasteiger partial charge in [-0.3, -0.25) is 0 Å². The summed E-state index contributed by atoms with van der Waals surface area (Å²) in [5, 5.41) is 8.02. The third kappa shape index (κ3) is 3.98. The van der Waals surface area contributed by atoms with Crippen molar-refractivity contribution >= 4 is 38.1 Å². The Morgan fingerprint density at radius 3 is 2.48 bits per heavy atom. The fourth-order valence-electron chi connectivity index (χ4n) is 4.15. The Morgan fingerprint density at radius 2 is 1.67 bits per heavy atom. The van der Waals surface area contributed by atoms with E-state index < -0.39 is 0 Å². The van der Waals surface area contributed by atoms with Gasteiger partial charge in [-0.15, -0.1) is 11.3 Å². The molecule has 166 valence electrons. The smallest absolute Gasteiger partial charge is 0.162 e. The fourth-order valence-corrected chi connectivity index (χ4v) is 5.12. The Labute approximate surface area is 197 Å². The van der Waals surface area contributed by atoms with Crippen molar-refractivity contribution in [3.63, 3.8) is 0 Å². The first-order valence-electron chi connectivity index (χ1n) is 10.8. The second-order valence-electron chi connectivity index (χ2n) is 7.98. The topological polar surface area (TPSA) is 56.3 Å². The van der Waals surface area contributed by atoms with Crippen molar-refractivity contribution in [2.75, 3.05) is 19.5 Å². The second-order valence-corrected chi connectivity index (χ2v) is 8.89. The quantitative estimate of drug-likeness (QED) is 0.298. The summed E-state index contributed by atoms with van der Waals surface area (Å²) in [7, 11) is 3.26. The van der Waals surface area contributed by atoms with Crippen molar-refractivity contribution in [2.24, 2.45) is 0 Å². The van der Waals surface area contributed by atoms with Crippen LogP contribution in [0.3, 0.4) is 0 Å². The SMILES string of the molecule is COc1cc2nc(C)nc(N[C@H](C)c3cccc(-c4csc5ccccc45)c3)c2cc1OC. The van der Waals surface area contributed by atoms with E-state index in [0.717, 1.165) is 16.7 Å². The molecule has 0 radical (unpaired) electrons. The van der Waals surface area contributed by atoms with Gasteiger partial charge in [0.15, 0.2) is 11.5 Å². The summed E-state index contributed by atoms with van der Waals surface area (Å²) in [6.45, 7) is 4.04. The summed E-state index contributed by atoms with van der Waals surface area (Å²) in [6, 6.07) is 21.1. The minimum absolute atomic E-state index is 0.0421. The van der Waals surface area contributed by atoms with E-state index in [1.54, 1.807) is 25.6 Å². The third-order valence-electron chi connectivity index (χ3n) is 5.84. The zero-order valence-electron chi connectivity index (χ0n) is 19.0. The van der Waals surface area contributed by atoms with E-state index in [-0.39, 0.29) is 6.04 Å². The molecule has 33 heavy (non-hydrogen) atoms. The molecule has 0 saturated heterocycles. The molecule has 6 heteroatoms. The van der Waals surface area contributed by atoms with Gasteiger partial charge in [-0.2, -0.15) is 0 Å². The number of aromatic nitrogens is 2. The van der Waals surface area contributed by atoms with Crippen LogP contribution in [-0.4, -0.2) is 24.2 Å². The van der Waals surface area contributed by atoms with E-state index in [2.05, 4.69) is 71.1 Å². The zero-order chi connectivity index (χ0) is 22.9. The first kappa shape index (κ1) is 21.2. The number of anilines is 1. The molecule has 3 aromatic carbocycles. The normalized spacial score (nSPS) is 12.1. The molecule has 0 saturated carbocycles. The Morgan fingerprint density at radius 1 is 0.879 bits per heavy atom. The first-order valence-corrected chi connectivity index (χ1v) is 11.7. The molecular weight excluding hydrogens is 430 g/mol. The van der Waals surface area contributed by atoms with Crippen LogP contribution in [0.25, 0.3) is 32.1 Å². The van der Waals surface area contributed by atoms with Crippen LogP contribution >= 0.6 is 11.3 Å². The predicted octanol–water partition coefficient (Wildman–Crippen LogP) is 7.01. The van der Waals surface area contributed by atoms with Crippen LogP contribution in [0.1, 0.15) is 24.4 Å². The van der Waals surface area contributed by atoms with Crippen molar-refractivity contribution in [3.05, 3.63) is 77.4 Å². The zero-order valence-corrected chi connectivity index (χ0v) is 19.9. The van der Waals surface area contributed by atoms with E-state index in [1.165, 1.54) is 26.8 Å². The number of aryl methyl sites for hydroxylation is 1. The van der Waals surface area contributed by atoms with Crippen LogP contribution in [0, 0.1) is 6.92 Å². The number of hydrogen-bond donors (Lipinski definition) is 1. The van der Waals surface area contributed by atoms with Gasteiger partial charge in [-0.05, 0) is 48.6 Å². The van der Waals surface area contributed by atoms with Gasteiger partial charge in [0.25, 0.3) is 0 Å². The summed E-state index contributed by atoms with van der Waals surface area (Å²) in [4.78, 5) is 9.29. The number of fused-ring (bicyclic) bond motifs is 2. The number of benzene rings is 3. The van der Waals surface area contributed by atoms with Crippen molar-refractivity contribution in [1.82, 2.24) is 9.97 Å². The number of methoxy groups -OCH3 is 2. The summed E-state index contributed by atoms with van der Waals surface area (Å²) in [5.74, 6) is 2.78. The standard InChI is InChI=1S/C27H25N3O2S/c1-16(18-8-7-9-19(12-18)22-15-33-26-11-6-5-10-20(22)26)28-27-21-13-24(31-3)25(32-4)14-23(21)29-17(2)30-27/h5-16H,1-4H3,(H,28,29,30)/t16-/m1/s1. The predicted molar refractivity (Wildman–Crippen MR) is 137 cm³/mol. The molecule has 0 unspecified atom stereocenters. The van der Waals surface area contributed by atoms with Crippen molar-refractivity contribution in [3.8, 4) is 22.6 Å². The fraction of sp³-hybridized carbons (Fsp3) is 0.185. The van der Waals surface area contributed by atoms with E-state index >= 15 is 0 Å². The monoisotopic (exact) mass is 455 g/mol. The maximum Gasteiger partial charge on any atom is 0.162 e. The van der Waals surface area contributed by atoms with Gasteiger partial charge < -0.3 is 14.8 Å². The van der Waals surface area contributed by atoms with Gasteiger partial charge in [0.2, 0.25) is 0 Å². The van der Waals surface area contributed by atoms with Gasteiger partial charge in [0, 0.05) is 33.1 Å². The lowest BCUT2D eigenvalue weighted by atomic mass is 9.99. The highest BCUT2D eigenvalue weighted by Crippen LogP contribution is 2.37. The first-order chi connectivity index (χ1) is 16.1. The summed E-state index contributed by atoms with van der Waals surface area (Å²) in [5.41, 5.74) is 4.49. The third-order valence-corrected chi connectivity index (χ3v) is 6.81. The molecule has 0 aliphatic rings. The molecule has 2 heterocycles. The van der Waals surface area contributed by atoms with Crippen LogP contribution in [0.5, 0.6) is 11.5 Å². The molecule has 0 fully saturated rings. The number of nitrogens with zero attached hydrogens (tertiary/aromatic N) is 2. The van der Waals surface area contributed by atoms with E-state index in [1.807, 2.05) is 19.1 Å². The minimum Gasteiger partial charge on any atom is -0.493 e. The minimum atomic E-state index is 0.0421. The van der Waals surface area contributed by atoms with E-state index in [0.29, 0.717) is 17.3 Å².